The molecule has 0 unspecified atom stereocenters. The highest BCUT2D eigenvalue weighted by Crippen LogP contribution is 2.16. The second-order valence-electron chi connectivity index (χ2n) is 4.81. The van der Waals surface area contributed by atoms with Crippen molar-refractivity contribution in [2.75, 3.05) is 6.61 Å². The van der Waals surface area contributed by atoms with E-state index in [0.717, 1.165) is 12.0 Å². The Hall–Kier alpha value is -2.42. The van der Waals surface area contributed by atoms with Crippen molar-refractivity contribution in [2.24, 2.45) is 0 Å². The van der Waals surface area contributed by atoms with Gasteiger partial charge in [-0.2, -0.15) is 0 Å². The van der Waals surface area contributed by atoms with Gasteiger partial charge in [0.2, 0.25) is 0 Å². The van der Waals surface area contributed by atoms with Crippen molar-refractivity contribution in [3.05, 3.63) is 71.1 Å². The van der Waals surface area contributed by atoms with Gasteiger partial charge in [-0.3, -0.25) is 4.98 Å². The Morgan fingerprint density at radius 1 is 1.33 bits per heavy atom. The fourth-order valence-electron chi connectivity index (χ4n) is 2.10. The number of aromatic nitrogens is 1. The Labute approximate surface area is 125 Å². The van der Waals surface area contributed by atoms with E-state index in [0.29, 0.717) is 6.61 Å². The molecule has 0 spiro atoms. The number of rotatable bonds is 5. The zero-order valence-corrected chi connectivity index (χ0v) is 12.4. The van der Waals surface area contributed by atoms with Crippen LogP contribution in [0.3, 0.4) is 0 Å². The van der Waals surface area contributed by atoms with Gasteiger partial charge in [0.15, 0.2) is 0 Å². The van der Waals surface area contributed by atoms with E-state index in [9.17, 15) is 4.79 Å². The fourth-order valence-corrected chi connectivity index (χ4v) is 2.10. The van der Waals surface area contributed by atoms with Crippen molar-refractivity contribution < 1.29 is 9.53 Å². The highest BCUT2D eigenvalue weighted by atomic mass is 16.5. The lowest BCUT2D eigenvalue weighted by molar-refractivity contribution is -0.137. The first-order valence-electron chi connectivity index (χ1n) is 7.02. The second-order valence-corrected chi connectivity index (χ2v) is 4.81. The third-order valence-electron chi connectivity index (χ3n) is 3.18. The van der Waals surface area contributed by atoms with Crippen LogP contribution in [0.25, 0.3) is 6.08 Å². The first-order valence-corrected chi connectivity index (χ1v) is 7.02. The van der Waals surface area contributed by atoms with Gasteiger partial charge in [0, 0.05) is 18.5 Å². The van der Waals surface area contributed by atoms with Crippen LogP contribution in [-0.2, 0) is 16.0 Å². The highest BCUT2D eigenvalue weighted by molar-refractivity contribution is 5.87. The quantitative estimate of drug-likeness (QED) is 0.621. The smallest absolute Gasteiger partial charge is 0.330 e. The number of ether oxygens (including phenoxy) is 1. The molecule has 3 heteroatoms. The number of pyridine rings is 1. The van der Waals surface area contributed by atoms with Gasteiger partial charge in [0.1, 0.15) is 0 Å². The van der Waals surface area contributed by atoms with Gasteiger partial charge in [-0.25, -0.2) is 4.79 Å². The van der Waals surface area contributed by atoms with E-state index in [-0.39, 0.29) is 5.97 Å². The van der Waals surface area contributed by atoms with E-state index < -0.39 is 0 Å². The number of carbonyl (C=O) groups excluding carboxylic acids is 1. The summed E-state index contributed by atoms with van der Waals surface area (Å²) in [6.07, 6.45) is 7.76. The van der Waals surface area contributed by atoms with Crippen molar-refractivity contribution in [2.45, 2.75) is 20.3 Å². The van der Waals surface area contributed by atoms with Crippen LogP contribution in [0.2, 0.25) is 0 Å². The van der Waals surface area contributed by atoms with Crippen LogP contribution in [0.15, 0.2) is 48.8 Å². The molecule has 0 aliphatic rings. The number of esters is 1. The van der Waals surface area contributed by atoms with Gasteiger partial charge in [0.25, 0.3) is 0 Å². The molecule has 2 rings (SSSR count). The molecule has 0 saturated carbocycles. The molecule has 108 valence electrons. The molecule has 0 aliphatic heterocycles. The fraction of sp³-hybridized carbons (Fsp3) is 0.222. The molecule has 1 aromatic heterocycles. The minimum absolute atomic E-state index is 0.311. The van der Waals surface area contributed by atoms with Gasteiger partial charge in [0.05, 0.1) is 6.61 Å². The number of nitrogens with zero attached hydrogens (tertiary/aromatic N) is 1. The van der Waals surface area contributed by atoms with Crippen LogP contribution in [-0.4, -0.2) is 17.6 Å². The molecular weight excluding hydrogens is 262 g/mol. The zero-order chi connectivity index (χ0) is 15.1. The summed E-state index contributed by atoms with van der Waals surface area (Å²) in [7, 11) is 0. The van der Waals surface area contributed by atoms with E-state index >= 15 is 0 Å². The second kappa shape index (κ2) is 7.39. The monoisotopic (exact) mass is 281 g/mol. The number of carbonyl (C=O) groups is 1. The first kappa shape index (κ1) is 15.0. The molecule has 0 N–H and O–H groups in total. The van der Waals surface area contributed by atoms with E-state index in [1.807, 2.05) is 18.3 Å². The summed E-state index contributed by atoms with van der Waals surface area (Å²) in [4.78, 5) is 15.4. The van der Waals surface area contributed by atoms with Crippen molar-refractivity contribution in [3.63, 3.8) is 0 Å². The van der Waals surface area contributed by atoms with E-state index in [2.05, 4.69) is 30.1 Å². The van der Waals surface area contributed by atoms with Crippen LogP contribution in [0.5, 0.6) is 0 Å². The molecule has 1 aromatic carbocycles. The van der Waals surface area contributed by atoms with E-state index in [1.54, 1.807) is 19.2 Å². The zero-order valence-electron chi connectivity index (χ0n) is 12.4. The third-order valence-corrected chi connectivity index (χ3v) is 3.18. The van der Waals surface area contributed by atoms with Gasteiger partial charge in [-0.05, 0) is 54.7 Å². The van der Waals surface area contributed by atoms with Crippen LogP contribution in [0.4, 0.5) is 0 Å². The lowest BCUT2D eigenvalue weighted by Crippen LogP contribution is -1.98. The minimum Gasteiger partial charge on any atom is -0.463 e. The summed E-state index contributed by atoms with van der Waals surface area (Å²) in [6.45, 7) is 4.27. The third kappa shape index (κ3) is 4.56. The number of aryl methyl sites for hydroxylation is 1. The average molecular weight is 281 g/mol. The van der Waals surface area contributed by atoms with Crippen LogP contribution in [0, 0.1) is 6.92 Å². The van der Waals surface area contributed by atoms with Gasteiger partial charge < -0.3 is 4.74 Å². The molecular formula is C18H19NO2. The minimum atomic E-state index is -0.311. The molecule has 21 heavy (non-hydrogen) atoms. The number of hydrogen-bond acceptors (Lipinski definition) is 3. The van der Waals surface area contributed by atoms with Gasteiger partial charge >= 0.3 is 5.97 Å². The van der Waals surface area contributed by atoms with Crippen LogP contribution < -0.4 is 0 Å². The van der Waals surface area contributed by atoms with Crippen molar-refractivity contribution in [3.8, 4) is 0 Å². The molecule has 0 amide bonds. The normalized spacial score (nSPS) is 10.8. The Balaban J connectivity index is 2.09. The standard InChI is InChI=1S/C18H19NO2/c1-3-21-18(20)9-7-15-6-8-17(14(2)11-15)12-16-5-4-10-19-13-16/h4-11,13H,3,12H2,1-2H3. The lowest BCUT2D eigenvalue weighted by atomic mass is 9.99. The Morgan fingerprint density at radius 2 is 2.19 bits per heavy atom. The molecule has 0 saturated heterocycles. The molecule has 0 fully saturated rings. The molecule has 3 nitrogen and oxygen atoms in total. The maximum absolute atomic E-state index is 11.3. The first-order chi connectivity index (χ1) is 10.2. The lowest BCUT2D eigenvalue weighted by Gasteiger charge is -2.07. The maximum Gasteiger partial charge on any atom is 0.330 e. The summed E-state index contributed by atoms with van der Waals surface area (Å²) in [5.74, 6) is -0.311. The predicted octanol–water partition coefficient (Wildman–Crippen LogP) is 3.56. The number of hydrogen-bond donors (Lipinski definition) is 0. The highest BCUT2D eigenvalue weighted by Gasteiger charge is 2.01. The molecule has 1 heterocycles. The Kier molecular flexibility index (Phi) is 5.27. The molecule has 0 radical (unpaired) electrons. The molecule has 0 atom stereocenters. The van der Waals surface area contributed by atoms with Crippen molar-refractivity contribution >= 4 is 12.0 Å². The number of benzene rings is 1. The average Bonchev–Trinajstić information content (AvgIpc) is 2.49. The van der Waals surface area contributed by atoms with Gasteiger partial charge in [-0.15, -0.1) is 0 Å². The summed E-state index contributed by atoms with van der Waals surface area (Å²) >= 11 is 0. The predicted molar refractivity (Wildman–Crippen MR) is 83.9 cm³/mol. The van der Waals surface area contributed by atoms with Gasteiger partial charge in [-0.1, -0.05) is 24.3 Å². The Morgan fingerprint density at radius 3 is 2.86 bits per heavy atom. The molecule has 2 aromatic rings. The SMILES string of the molecule is CCOC(=O)C=Cc1ccc(Cc2cccnc2)c(C)c1. The van der Waals surface area contributed by atoms with Crippen molar-refractivity contribution in [1.82, 2.24) is 4.98 Å². The summed E-state index contributed by atoms with van der Waals surface area (Å²) in [5.41, 5.74) is 4.65. The summed E-state index contributed by atoms with van der Waals surface area (Å²) in [5, 5.41) is 0. The van der Waals surface area contributed by atoms with E-state index in [4.69, 9.17) is 4.74 Å². The molecule has 0 bridgehead atoms. The molecule has 0 aliphatic carbocycles. The van der Waals surface area contributed by atoms with Crippen molar-refractivity contribution in [1.29, 1.82) is 0 Å². The van der Waals surface area contributed by atoms with Crippen LogP contribution in [0.1, 0.15) is 29.2 Å². The summed E-state index contributed by atoms with van der Waals surface area (Å²) < 4.78 is 4.86. The largest absolute Gasteiger partial charge is 0.463 e. The summed E-state index contributed by atoms with van der Waals surface area (Å²) in [6, 6.07) is 10.2. The van der Waals surface area contributed by atoms with Crippen LogP contribution >= 0.6 is 0 Å². The Bertz CT molecular complexity index is 633. The topological polar surface area (TPSA) is 39.2 Å². The van der Waals surface area contributed by atoms with E-state index in [1.165, 1.54) is 22.8 Å². The maximum atomic E-state index is 11.3.